The normalized spacial score (nSPS) is 19.9. The number of hydrogen-bond acceptors (Lipinski definition) is 3. The van der Waals surface area contributed by atoms with Crippen molar-refractivity contribution in [2.45, 2.75) is 64.7 Å². The molecule has 2 N–H and O–H groups in total. The van der Waals surface area contributed by atoms with Crippen molar-refractivity contribution < 1.29 is 9.84 Å². The van der Waals surface area contributed by atoms with Crippen molar-refractivity contribution in [2.24, 2.45) is 5.92 Å². The third-order valence-electron chi connectivity index (χ3n) is 3.10. The van der Waals surface area contributed by atoms with Crippen LogP contribution in [0.1, 0.15) is 47.5 Å². The molecule has 0 spiro atoms. The van der Waals surface area contributed by atoms with Crippen molar-refractivity contribution in [1.29, 1.82) is 0 Å². The van der Waals surface area contributed by atoms with E-state index in [2.05, 4.69) is 19.2 Å². The van der Waals surface area contributed by atoms with Crippen molar-refractivity contribution in [3.8, 4) is 0 Å². The Balaban J connectivity index is 2.16. The van der Waals surface area contributed by atoms with Crippen LogP contribution in [0.15, 0.2) is 0 Å². The van der Waals surface area contributed by atoms with Gasteiger partial charge in [0.2, 0.25) is 0 Å². The Morgan fingerprint density at radius 3 is 2.25 bits per heavy atom. The Morgan fingerprint density at radius 1 is 1.25 bits per heavy atom. The summed E-state index contributed by atoms with van der Waals surface area (Å²) in [7, 11) is 0. The molecule has 0 radical (unpaired) electrons. The van der Waals surface area contributed by atoms with E-state index in [1.807, 2.05) is 20.8 Å². The predicted molar refractivity (Wildman–Crippen MR) is 66.5 cm³/mol. The number of nitrogens with one attached hydrogen (secondary N) is 1. The van der Waals surface area contributed by atoms with Gasteiger partial charge in [-0.15, -0.1) is 0 Å². The summed E-state index contributed by atoms with van der Waals surface area (Å²) in [5.41, 5.74) is -0.0182. The molecule has 0 aromatic carbocycles. The fraction of sp³-hybridized carbons (Fsp3) is 1.00. The molecule has 0 bridgehead atoms. The van der Waals surface area contributed by atoms with Crippen LogP contribution in [0, 0.1) is 5.92 Å². The van der Waals surface area contributed by atoms with Crippen LogP contribution in [-0.2, 0) is 4.74 Å². The maximum Gasteiger partial charge on any atom is 0.0898 e. The van der Waals surface area contributed by atoms with Gasteiger partial charge in [0.15, 0.2) is 0 Å². The molecule has 16 heavy (non-hydrogen) atoms. The Bertz CT molecular complexity index is 216. The maximum absolute atomic E-state index is 9.79. The first-order valence-corrected chi connectivity index (χ1v) is 6.28. The summed E-state index contributed by atoms with van der Waals surface area (Å²) in [6.07, 6.45) is 2.21. The van der Waals surface area contributed by atoms with E-state index in [-0.39, 0.29) is 11.1 Å². The first-order valence-electron chi connectivity index (χ1n) is 6.28. The molecule has 0 heterocycles. The second-order valence-corrected chi connectivity index (χ2v) is 6.45. The van der Waals surface area contributed by atoms with Crippen molar-refractivity contribution in [1.82, 2.24) is 5.32 Å². The van der Waals surface area contributed by atoms with E-state index in [0.717, 1.165) is 5.92 Å². The molecule has 0 aliphatic heterocycles. The van der Waals surface area contributed by atoms with Crippen LogP contribution in [0.4, 0.5) is 0 Å². The third-order valence-corrected chi connectivity index (χ3v) is 3.10. The molecule has 1 fully saturated rings. The average molecular weight is 229 g/mol. The van der Waals surface area contributed by atoms with Gasteiger partial charge >= 0.3 is 0 Å². The highest BCUT2D eigenvalue weighted by atomic mass is 16.5. The minimum Gasteiger partial charge on any atom is -0.389 e. The summed E-state index contributed by atoms with van der Waals surface area (Å²) in [4.78, 5) is 0. The van der Waals surface area contributed by atoms with Crippen LogP contribution in [0.25, 0.3) is 0 Å². The predicted octanol–water partition coefficient (Wildman–Crippen LogP) is 1.94. The number of rotatable bonds is 6. The minimum absolute atomic E-state index is 0.155. The van der Waals surface area contributed by atoms with Gasteiger partial charge in [0.05, 0.1) is 18.3 Å². The maximum atomic E-state index is 9.79. The van der Waals surface area contributed by atoms with Crippen LogP contribution in [0.2, 0.25) is 0 Å². The minimum atomic E-state index is -0.419. The molecular formula is C13H27NO2. The molecule has 1 rings (SSSR count). The topological polar surface area (TPSA) is 41.5 Å². The monoisotopic (exact) mass is 229 g/mol. The molecule has 1 atom stereocenters. The summed E-state index contributed by atoms with van der Waals surface area (Å²) in [5, 5.41) is 13.2. The van der Waals surface area contributed by atoms with Gasteiger partial charge in [-0.1, -0.05) is 0 Å². The fourth-order valence-corrected chi connectivity index (χ4v) is 1.74. The van der Waals surface area contributed by atoms with Crippen LogP contribution < -0.4 is 5.32 Å². The quantitative estimate of drug-likeness (QED) is 0.731. The van der Waals surface area contributed by atoms with Crippen LogP contribution in [0.3, 0.4) is 0 Å². The Hall–Kier alpha value is -0.120. The zero-order valence-electron chi connectivity index (χ0n) is 11.3. The molecule has 1 saturated carbocycles. The van der Waals surface area contributed by atoms with Crippen molar-refractivity contribution in [2.75, 3.05) is 13.2 Å². The van der Waals surface area contributed by atoms with Gasteiger partial charge in [0, 0.05) is 12.1 Å². The number of hydrogen-bond donors (Lipinski definition) is 2. The summed E-state index contributed by atoms with van der Waals surface area (Å²) in [6, 6.07) is 0. The standard InChI is InChI=1S/C13H27NO2/c1-12(2,3)16-9-11(15)8-14-13(4,5)10-6-7-10/h10-11,14-15H,6-9H2,1-5H3. The Morgan fingerprint density at radius 2 is 1.81 bits per heavy atom. The lowest BCUT2D eigenvalue weighted by molar-refractivity contribution is -0.0492. The van der Waals surface area contributed by atoms with Crippen molar-refractivity contribution in [3.05, 3.63) is 0 Å². The summed E-state index contributed by atoms with van der Waals surface area (Å²) >= 11 is 0. The first-order chi connectivity index (χ1) is 7.21. The molecule has 1 aliphatic carbocycles. The molecule has 1 unspecified atom stereocenters. The van der Waals surface area contributed by atoms with E-state index in [1.165, 1.54) is 12.8 Å². The fourth-order valence-electron chi connectivity index (χ4n) is 1.74. The first kappa shape index (κ1) is 13.9. The molecule has 0 saturated heterocycles. The zero-order chi connectivity index (χ0) is 12.4. The highest BCUT2D eigenvalue weighted by molar-refractivity contribution is 4.94. The lowest BCUT2D eigenvalue weighted by Gasteiger charge is -2.28. The molecule has 3 nitrogen and oxygen atoms in total. The van der Waals surface area contributed by atoms with E-state index in [4.69, 9.17) is 4.74 Å². The molecule has 0 aromatic heterocycles. The average Bonchev–Trinajstić information content (AvgIpc) is 2.93. The number of β-amino-alcohol motifs (C(OH)–C–C–N with tert-alkyl or cyclic N) is 1. The van der Waals surface area contributed by atoms with E-state index in [9.17, 15) is 5.11 Å². The molecular weight excluding hydrogens is 202 g/mol. The van der Waals surface area contributed by atoms with Crippen molar-refractivity contribution >= 4 is 0 Å². The van der Waals surface area contributed by atoms with Crippen LogP contribution in [-0.4, -0.2) is 35.5 Å². The van der Waals surface area contributed by atoms with Gasteiger partial charge in [-0.25, -0.2) is 0 Å². The van der Waals surface area contributed by atoms with E-state index in [1.54, 1.807) is 0 Å². The van der Waals surface area contributed by atoms with E-state index in [0.29, 0.717) is 13.2 Å². The van der Waals surface area contributed by atoms with Crippen LogP contribution >= 0.6 is 0 Å². The Kier molecular flexibility index (Phi) is 4.38. The van der Waals surface area contributed by atoms with Crippen molar-refractivity contribution in [3.63, 3.8) is 0 Å². The Labute approximate surface area is 99.6 Å². The summed E-state index contributed by atoms with van der Waals surface area (Å²) < 4.78 is 5.54. The van der Waals surface area contributed by atoms with E-state index >= 15 is 0 Å². The molecule has 0 aromatic rings. The lowest BCUT2D eigenvalue weighted by Crippen LogP contribution is -2.46. The van der Waals surface area contributed by atoms with Gasteiger partial charge in [-0.05, 0) is 53.4 Å². The summed E-state index contributed by atoms with van der Waals surface area (Å²) in [6.45, 7) is 11.4. The van der Waals surface area contributed by atoms with Gasteiger partial charge < -0.3 is 15.2 Å². The van der Waals surface area contributed by atoms with Gasteiger partial charge in [0.1, 0.15) is 0 Å². The number of aliphatic hydroxyl groups excluding tert-OH is 1. The smallest absolute Gasteiger partial charge is 0.0898 e. The largest absolute Gasteiger partial charge is 0.389 e. The number of aliphatic hydroxyl groups is 1. The SMILES string of the molecule is CC(C)(C)OCC(O)CNC(C)(C)C1CC1. The third kappa shape index (κ3) is 5.28. The second-order valence-electron chi connectivity index (χ2n) is 6.45. The molecule has 1 aliphatic rings. The highest BCUT2D eigenvalue weighted by Gasteiger charge is 2.37. The van der Waals surface area contributed by atoms with Gasteiger partial charge in [-0.3, -0.25) is 0 Å². The van der Waals surface area contributed by atoms with Crippen LogP contribution in [0.5, 0.6) is 0 Å². The molecule has 96 valence electrons. The number of ether oxygens (including phenoxy) is 1. The second kappa shape index (κ2) is 5.03. The van der Waals surface area contributed by atoms with E-state index < -0.39 is 6.10 Å². The zero-order valence-corrected chi connectivity index (χ0v) is 11.3. The van der Waals surface area contributed by atoms with Gasteiger partial charge in [-0.2, -0.15) is 0 Å². The molecule has 3 heteroatoms. The molecule has 0 amide bonds. The van der Waals surface area contributed by atoms with Gasteiger partial charge in [0.25, 0.3) is 0 Å². The highest BCUT2D eigenvalue weighted by Crippen LogP contribution is 2.39. The lowest BCUT2D eigenvalue weighted by atomic mass is 9.98. The summed E-state index contributed by atoms with van der Waals surface area (Å²) in [5.74, 6) is 0.781.